The highest BCUT2D eigenvalue weighted by molar-refractivity contribution is 6.02. The van der Waals surface area contributed by atoms with Crippen LogP contribution in [0.5, 0.6) is 0 Å². The van der Waals surface area contributed by atoms with Gasteiger partial charge in [0.25, 0.3) is 5.91 Å². The summed E-state index contributed by atoms with van der Waals surface area (Å²) in [6, 6.07) is 3.32. The Hall–Kier alpha value is -2.57. The first kappa shape index (κ1) is 10.9. The largest absolute Gasteiger partial charge is 0.372 e. The topological polar surface area (TPSA) is 92.7 Å². The monoisotopic (exact) mass is 230 g/mol. The van der Waals surface area contributed by atoms with Gasteiger partial charge in [-0.05, 0) is 12.1 Å². The van der Waals surface area contributed by atoms with Gasteiger partial charge in [-0.1, -0.05) is 0 Å². The van der Waals surface area contributed by atoms with E-state index in [-0.39, 0.29) is 11.6 Å². The lowest BCUT2D eigenvalue weighted by molar-refractivity contribution is 0.102. The molecule has 2 N–H and O–H groups in total. The van der Waals surface area contributed by atoms with Crippen molar-refractivity contribution in [3.63, 3.8) is 0 Å². The van der Waals surface area contributed by atoms with Gasteiger partial charge in [0.1, 0.15) is 11.5 Å². The normalized spacial score (nSPS) is 9.71. The van der Waals surface area contributed by atoms with Crippen molar-refractivity contribution in [2.24, 2.45) is 0 Å². The van der Waals surface area contributed by atoms with Crippen molar-refractivity contribution < 1.29 is 4.79 Å². The molecule has 0 aliphatic heterocycles. The molecule has 7 nitrogen and oxygen atoms in total. The summed E-state index contributed by atoms with van der Waals surface area (Å²) in [5.41, 5.74) is 0.217. The van der Waals surface area contributed by atoms with Crippen LogP contribution in [0.3, 0.4) is 0 Å². The molecule has 1 amide bonds. The van der Waals surface area contributed by atoms with Gasteiger partial charge in [-0.25, -0.2) is 9.97 Å². The second-order valence-corrected chi connectivity index (χ2v) is 3.10. The minimum atomic E-state index is -0.374. The van der Waals surface area contributed by atoms with E-state index < -0.39 is 0 Å². The van der Waals surface area contributed by atoms with Crippen molar-refractivity contribution in [2.45, 2.75) is 0 Å². The van der Waals surface area contributed by atoms with Crippen LogP contribution in [0.1, 0.15) is 10.5 Å². The maximum atomic E-state index is 11.7. The molecule has 0 saturated carbocycles. The summed E-state index contributed by atoms with van der Waals surface area (Å²) in [6.45, 7) is 0. The van der Waals surface area contributed by atoms with Gasteiger partial charge >= 0.3 is 0 Å². The molecular weight excluding hydrogens is 220 g/mol. The Morgan fingerprint density at radius 1 is 1.24 bits per heavy atom. The number of carbonyl (C=O) groups excluding carboxylic acids is 1. The number of nitrogens with zero attached hydrogens (tertiary/aromatic N) is 4. The van der Waals surface area contributed by atoms with Crippen LogP contribution < -0.4 is 10.6 Å². The van der Waals surface area contributed by atoms with Crippen LogP contribution in [0, 0.1) is 0 Å². The van der Waals surface area contributed by atoms with Gasteiger partial charge in [0.15, 0.2) is 5.82 Å². The van der Waals surface area contributed by atoms with Crippen LogP contribution in [-0.4, -0.2) is 33.1 Å². The average Bonchev–Trinajstić information content (AvgIpc) is 2.40. The molecule has 0 atom stereocenters. The van der Waals surface area contributed by atoms with Crippen LogP contribution >= 0.6 is 0 Å². The van der Waals surface area contributed by atoms with Gasteiger partial charge in [-0.15, -0.1) is 5.10 Å². The zero-order chi connectivity index (χ0) is 12.1. The lowest BCUT2D eigenvalue weighted by Crippen LogP contribution is -2.15. The van der Waals surface area contributed by atoms with Crippen molar-refractivity contribution >= 4 is 17.5 Å². The second-order valence-electron chi connectivity index (χ2n) is 3.10. The van der Waals surface area contributed by atoms with Crippen LogP contribution in [0.25, 0.3) is 0 Å². The SMILES string of the molecule is CNc1cnc(C(=O)Nc2cccnn2)cn1. The van der Waals surface area contributed by atoms with Crippen LogP contribution in [0.2, 0.25) is 0 Å². The molecule has 0 saturated heterocycles. The first-order valence-corrected chi connectivity index (χ1v) is 4.88. The Kier molecular flexibility index (Phi) is 3.20. The fraction of sp³-hybridized carbons (Fsp3) is 0.100. The Morgan fingerprint density at radius 2 is 2.12 bits per heavy atom. The van der Waals surface area contributed by atoms with E-state index in [2.05, 4.69) is 30.8 Å². The van der Waals surface area contributed by atoms with Gasteiger partial charge in [0, 0.05) is 13.2 Å². The highest BCUT2D eigenvalue weighted by atomic mass is 16.1. The van der Waals surface area contributed by atoms with E-state index in [9.17, 15) is 4.79 Å². The summed E-state index contributed by atoms with van der Waals surface area (Å²) in [7, 11) is 1.73. The third-order valence-electron chi connectivity index (χ3n) is 1.95. The fourth-order valence-corrected chi connectivity index (χ4v) is 1.12. The number of amides is 1. The fourth-order valence-electron chi connectivity index (χ4n) is 1.12. The molecule has 2 heterocycles. The number of hydrogen-bond acceptors (Lipinski definition) is 6. The van der Waals surface area contributed by atoms with Crippen molar-refractivity contribution in [1.29, 1.82) is 0 Å². The summed E-state index contributed by atoms with van der Waals surface area (Å²) in [4.78, 5) is 19.7. The van der Waals surface area contributed by atoms with Crippen molar-refractivity contribution in [2.75, 3.05) is 17.7 Å². The average molecular weight is 230 g/mol. The Morgan fingerprint density at radius 3 is 2.71 bits per heavy atom. The molecule has 17 heavy (non-hydrogen) atoms. The highest BCUT2D eigenvalue weighted by Gasteiger charge is 2.08. The summed E-state index contributed by atoms with van der Waals surface area (Å²) >= 11 is 0. The van der Waals surface area contributed by atoms with Crippen LogP contribution in [-0.2, 0) is 0 Å². The lowest BCUT2D eigenvalue weighted by atomic mass is 10.4. The van der Waals surface area contributed by atoms with Gasteiger partial charge in [-0.3, -0.25) is 4.79 Å². The predicted octanol–water partition coefficient (Wildman–Crippen LogP) is 0.561. The van der Waals surface area contributed by atoms with Crippen LogP contribution in [0.4, 0.5) is 11.6 Å². The van der Waals surface area contributed by atoms with Gasteiger partial charge in [0.05, 0.1) is 12.4 Å². The molecule has 0 bridgehead atoms. The van der Waals surface area contributed by atoms with E-state index >= 15 is 0 Å². The summed E-state index contributed by atoms with van der Waals surface area (Å²) in [5.74, 6) is 0.596. The molecular formula is C10H10N6O. The maximum Gasteiger partial charge on any atom is 0.277 e. The number of carbonyl (C=O) groups is 1. The first-order valence-electron chi connectivity index (χ1n) is 4.88. The highest BCUT2D eigenvalue weighted by Crippen LogP contribution is 2.03. The van der Waals surface area contributed by atoms with E-state index in [1.165, 1.54) is 18.6 Å². The molecule has 7 heteroatoms. The zero-order valence-electron chi connectivity index (χ0n) is 9.08. The number of hydrogen-bond donors (Lipinski definition) is 2. The first-order chi connectivity index (χ1) is 8.29. The third-order valence-corrected chi connectivity index (χ3v) is 1.95. The molecule has 0 fully saturated rings. The van der Waals surface area contributed by atoms with Crippen molar-refractivity contribution in [3.8, 4) is 0 Å². The van der Waals surface area contributed by atoms with Crippen LogP contribution in [0.15, 0.2) is 30.7 Å². The van der Waals surface area contributed by atoms with E-state index in [0.29, 0.717) is 11.6 Å². The molecule has 2 rings (SSSR count). The molecule has 0 radical (unpaired) electrons. The van der Waals surface area contributed by atoms with Crippen molar-refractivity contribution in [1.82, 2.24) is 20.2 Å². The Bertz CT molecular complexity index is 498. The number of nitrogens with one attached hydrogen (secondary N) is 2. The lowest BCUT2D eigenvalue weighted by Gasteiger charge is -2.03. The molecule has 0 unspecified atom stereocenters. The van der Waals surface area contributed by atoms with Gasteiger partial charge in [0.2, 0.25) is 0 Å². The predicted molar refractivity (Wildman–Crippen MR) is 61.6 cm³/mol. The standard InChI is InChI=1S/C10H10N6O/c1-11-9-6-12-7(5-13-9)10(17)15-8-3-2-4-14-16-8/h2-6H,1H3,(H,11,13)(H,15,16,17). The maximum absolute atomic E-state index is 11.7. The van der Waals surface area contributed by atoms with E-state index in [1.54, 1.807) is 19.2 Å². The van der Waals surface area contributed by atoms with E-state index in [0.717, 1.165) is 0 Å². The van der Waals surface area contributed by atoms with E-state index in [1.807, 2.05) is 0 Å². The van der Waals surface area contributed by atoms with Gasteiger partial charge in [-0.2, -0.15) is 5.10 Å². The van der Waals surface area contributed by atoms with E-state index in [4.69, 9.17) is 0 Å². The molecule has 0 aliphatic rings. The molecule has 2 aromatic heterocycles. The molecule has 2 aromatic rings. The quantitative estimate of drug-likeness (QED) is 0.800. The minimum absolute atomic E-state index is 0.217. The second kappa shape index (κ2) is 4.97. The summed E-state index contributed by atoms with van der Waals surface area (Å²) in [6.07, 6.45) is 4.39. The van der Waals surface area contributed by atoms with Gasteiger partial charge < -0.3 is 10.6 Å². The molecule has 0 aliphatic carbocycles. The molecule has 0 spiro atoms. The number of anilines is 2. The Labute approximate surface area is 97.3 Å². The zero-order valence-corrected chi connectivity index (χ0v) is 9.08. The Balaban J connectivity index is 2.09. The number of rotatable bonds is 3. The number of aromatic nitrogens is 4. The molecule has 0 aromatic carbocycles. The molecule has 86 valence electrons. The third kappa shape index (κ3) is 2.71. The summed E-state index contributed by atoms with van der Waals surface area (Å²) < 4.78 is 0. The van der Waals surface area contributed by atoms with Crippen molar-refractivity contribution in [3.05, 3.63) is 36.4 Å². The minimum Gasteiger partial charge on any atom is -0.372 e. The smallest absolute Gasteiger partial charge is 0.277 e. The summed E-state index contributed by atoms with van der Waals surface area (Å²) in [5, 5.41) is 12.8.